The maximum atomic E-state index is 11.4. The fourth-order valence-corrected chi connectivity index (χ4v) is 3.91. The molecule has 7 heteroatoms. The first-order valence-electron chi connectivity index (χ1n) is 8.49. The van der Waals surface area contributed by atoms with Crippen LogP contribution in [0.25, 0.3) is 10.2 Å². The van der Waals surface area contributed by atoms with Crippen LogP contribution >= 0.6 is 11.3 Å². The summed E-state index contributed by atoms with van der Waals surface area (Å²) in [6, 6.07) is 15.2. The van der Waals surface area contributed by atoms with Crippen LogP contribution in [-0.2, 0) is 11.3 Å². The van der Waals surface area contributed by atoms with Crippen LogP contribution in [-0.4, -0.2) is 46.6 Å². The highest BCUT2D eigenvalue weighted by molar-refractivity contribution is 7.20. The zero-order chi connectivity index (χ0) is 17.9. The number of aromatic nitrogens is 1. The van der Waals surface area contributed by atoms with Gasteiger partial charge in [-0.1, -0.05) is 35.6 Å². The third-order valence-corrected chi connectivity index (χ3v) is 5.34. The molecule has 0 amide bonds. The predicted molar refractivity (Wildman–Crippen MR) is 101 cm³/mol. The maximum Gasteiger partial charge on any atom is 0.322 e. The molecule has 0 aliphatic carbocycles. The Morgan fingerprint density at radius 2 is 2.08 bits per heavy atom. The minimum absolute atomic E-state index is 0.480. The van der Waals surface area contributed by atoms with E-state index in [1.807, 2.05) is 53.4 Å². The molecule has 0 saturated carbocycles. The Morgan fingerprint density at radius 3 is 2.85 bits per heavy atom. The number of hydrogen-bond acceptors (Lipinski definition) is 6. The van der Waals surface area contributed by atoms with Crippen molar-refractivity contribution in [2.75, 3.05) is 19.6 Å². The molecule has 1 aromatic heterocycles. The number of carbonyl (C=O) groups is 1. The number of piperazine rings is 1. The maximum absolute atomic E-state index is 11.4. The molecule has 1 aliphatic heterocycles. The fourth-order valence-electron chi connectivity index (χ4n) is 3.07. The number of carboxylic acids is 1. The molecular formula is C19H19N3O3S. The molecule has 1 fully saturated rings. The normalized spacial score (nSPS) is 18.1. The van der Waals surface area contributed by atoms with Gasteiger partial charge in [0.15, 0.2) is 0 Å². The average molecular weight is 369 g/mol. The second-order valence-electron chi connectivity index (χ2n) is 6.22. The number of ether oxygens (including phenoxy) is 1. The van der Waals surface area contributed by atoms with Crippen LogP contribution < -0.4 is 10.1 Å². The summed E-state index contributed by atoms with van der Waals surface area (Å²) in [4.78, 5) is 17.8. The van der Waals surface area contributed by atoms with Gasteiger partial charge in [-0.25, -0.2) is 4.98 Å². The third-order valence-electron chi connectivity index (χ3n) is 4.43. The van der Waals surface area contributed by atoms with Crippen LogP contribution in [0, 0.1) is 0 Å². The average Bonchev–Trinajstić information content (AvgIpc) is 3.06. The summed E-state index contributed by atoms with van der Waals surface area (Å²) in [7, 11) is 0. The van der Waals surface area contributed by atoms with Crippen molar-refractivity contribution in [2.24, 2.45) is 0 Å². The molecule has 2 heterocycles. The van der Waals surface area contributed by atoms with E-state index >= 15 is 0 Å². The minimum atomic E-state index is -0.784. The minimum Gasteiger partial charge on any atom is -0.480 e. The van der Waals surface area contributed by atoms with Crippen molar-refractivity contribution in [1.82, 2.24) is 15.2 Å². The Balaban J connectivity index is 1.43. The molecule has 0 spiro atoms. The van der Waals surface area contributed by atoms with Gasteiger partial charge in [0.25, 0.3) is 5.19 Å². The quantitative estimate of drug-likeness (QED) is 0.720. The number of para-hydroxylation sites is 1. The van der Waals surface area contributed by atoms with Gasteiger partial charge in [-0.2, -0.15) is 0 Å². The van der Waals surface area contributed by atoms with E-state index in [0.717, 1.165) is 34.6 Å². The van der Waals surface area contributed by atoms with Crippen molar-refractivity contribution >= 4 is 27.5 Å². The van der Waals surface area contributed by atoms with Gasteiger partial charge in [-0.3, -0.25) is 9.69 Å². The van der Waals surface area contributed by atoms with E-state index in [1.165, 1.54) is 11.3 Å². The Bertz CT molecular complexity index is 877. The van der Waals surface area contributed by atoms with Gasteiger partial charge < -0.3 is 15.2 Å². The van der Waals surface area contributed by atoms with Gasteiger partial charge in [0.2, 0.25) is 0 Å². The van der Waals surface area contributed by atoms with E-state index in [2.05, 4.69) is 10.3 Å². The second kappa shape index (κ2) is 7.41. The number of benzene rings is 2. The lowest BCUT2D eigenvalue weighted by atomic mass is 10.1. The summed E-state index contributed by atoms with van der Waals surface area (Å²) in [5, 5.41) is 13.1. The number of hydrogen-bond donors (Lipinski definition) is 2. The van der Waals surface area contributed by atoms with Crippen molar-refractivity contribution in [1.29, 1.82) is 0 Å². The first-order chi connectivity index (χ1) is 12.7. The fraction of sp³-hybridized carbons (Fsp3) is 0.263. The zero-order valence-electron chi connectivity index (χ0n) is 14.1. The predicted octanol–water partition coefficient (Wildman–Crippen LogP) is 2.95. The molecule has 1 aliphatic rings. The molecule has 6 nitrogen and oxygen atoms in total. The van der Waals surface area contributed by atoms with E-state index in [9.17, 15) is 9.90 Å². The summed E-state index contributed by atoms with van der Waals surface area (Å²) in [5.74, 6) is -0.0594. The highest BCUT2D eigenvalue weighted by Gasteiger charge is 2.28. The third kappa shape index (κ3) is 3.70. The van der Waals surface area contributed by atoms with E-state index < -0.39 is 12.0 Å². The first-order valence-corrected chi connectivity index (χ1v) is 9.30. The molecule has 2 aromatic carbocycles. The lowest BCUT2D eigenvalue weighted by molar-refractivity contribution is -0.144. The van der Waals surface area contributed by atoms with Crippen LogP contribution in [0.4, 0.5) is 0 Å². The molecule has 1 atom stereocenters. The highest BCUT2D eigenvalue weighted by atomic mass is 32.1. The number of thiazole rings is 1. The number of carboxylic acid groups (broad SMARTS) is 1. The molecule has 4 rings (SSSR count). The van der Waals surface area contributed by atoms with Crippen LogP contribution in [0.2, 0.25) is 0 Å². The van der Waals surface area contributed by atoms with E-state index in [0.29, 0.717) is 18.3 Å². The number of aliphatic carboxylic acids is 1. The lowest BCUT2D eigenvalue weighted by Gasteiger charge is -2.33. The van der Waals surface area contributed by atoms with Crippen LogP contribution in [0.1, 0.15) is 5.56 Å². The lowest BCUT2D eigenvalue weighted by Crippen LogP contribution is -2.54. The van der Waals surface area contributed by atoms with Crippen molar-refractivity contribution in [3.05, 3.63) is 54.1 Å². The summed E-state index contributed by atoms with van der Waals surface area (Å²) < 4.78 is 6.95. The van der Waals surface area contributed by atoms with Gasteiger partial charge >= 0.3 is 5.97 Å². The summed E-state index contributed by atoms with van der Waals surface area (Å²) >= 11 is 1.51. The van der Waals surface area contributed by atoms with Crippen molar-refractivity contribution < 1.29 is 14.6 Å². The van der Waals surface area contributed by atoms with Crippen molar-refractivity contribution in [2.45, 2.75) is 12.6 Å². The Labute approximate surface area is 155 Å². The Kier molecular flexibility index (Phi) is 4.83. The Morgan fingerprint density at radius 1 is 1.27 bits per heavy atom. The van der Waals surface area contributed by atoms with Gasteiger partial charge in [0.05, 0.1) is 10.2 Å². The van der Waals surface area contributed by atoms with E-state index in [4.69, 9.17) is 4.74 Å². The molecule has 134 valence electrons. The van der Waals surface area contributed by atoms with Gasteiger partial charge in [-0.15, -0.1) is 0 Å². The van der Waals surface area contributed by atoms with Crippen molar-refractivity contribution in [3.8, 4) is 10.9 Å². The highest BCUT2D eigenvalue weighted by Crippen LogP contribution is 2.31. The molecule has 0 radical (unpaired) electrons. The molecule has 2 N–H and O–H groups in total. The van der Waals surface area contributed by atoms with Gasteiger partial charge in [-0.05, 0) is 29.8 Å². The van der Waals surface area contributed by atoms with E-state index in [-0.39, 0.29) is 0 Å². The number of nitrogens with one attached hydrogen (secondary N) is 1. The van der Waals surface area contributed by atoms with Crippen molar-refractivity contribution in [3.63, 3.8) is 0 Å². The molecule has 26 heavy (non-hydrogen) atoms. The SMILES string of the molecule is O=C(O)C1CNCCN1Cc1ccc(Oc2nc3ccccc3s2)cc1. The molecule has 1 unspecified atom stereocenters. The zero-order valence-corrected chi connectivity index (χ0v) is 14.9. The summed E-state index contributed by atoms with van der Waals surface area (Å²) in [6.45, 7) is 2.62. The molecule has 0 bridgehead atoms. The number of rotatable bonds is 5. The largest absolute Gasteiger partial charge is 0.480 e. The van der Waals surface area contributed by atoms with Crippen LogP contribution in [0.3, 0.4) is 0 Å². The van der Waals surface area contributed by atoms with Gasteiger partial charge in [0.1, 0.15) is 11.8 Å². The number of fused-ring (bicyclic) bond motifs is 1. The van der Waals surface area contributed by atoms with Crippen LogP contribution in [0.5, 0.6) is 10.9 Å². The van der Waals surface area contributed by atoms with Gasteiger partial charge in [0, 0.05) is 26.2 Å². The summed E-state index contributed by atoms with van der Waals surface area (Å²) in [6.07, 6.45) is 0. The monoisotopic (exact) mass is 369 g/mol. The molecule has 1 saturated heterocycles. The molecular weight excluding hydrogens is 350 g/mol. The smallest absolute Gasteiger partial charge is 0.322 e. The van der Waals surface area contributed by atoms with Crippen LogP contribution in [0.15, 0.2) is 48.5 Å². The standard InChI is InChI=1S/C19H19N3O3S/c23-18(24)16-11-20-9-10-22(16)12-13-5-7-14(8-6-13)25-19-21-15-3-1-2-4-17(15)26-19/h1-8,16,20H,9-12H2,(H,23,24). The van der Waals surface area contributed by atoms with E-state index in [1.54, 1.807) is 0 Å². The molecule has 3 aromatic rings. The first kappa shape index (κ1) is 17.0. The topological polar surface area (TPSA) is 74.7 Å². The second-order valence-corrected chi connectivity index (χ2v) is 7.22. The Hall–Kier alpha value is -2.48. The number of nitrogens with zero attached hydrogens (tertiary/aromatic N) is 2. The summed E-state index contributed by atoms with van der Waals surface area (Å²) in [5.41, 5.74) is 2.00.